The maximum absolute atomic E-state index is 10.8. The summed E-state index contributed by atoms with van der Waals surface area (Å²) in [4.78, 5) is 10.8. The summed E-state index contributed by atoms with van der Waals surface area (Å²) >= 11 is 0. The highest BCUT2D eigenvalue weighted by molar-refractivity contribution is 5.75. The first-order valence-electron chi connectivity index (χ1n) is 5.38. The second-order valence-corrected chi connectivity index (χ2v) is 4.19. The molecule has 0 saturated heterocycles. The van der Waals surface area contributed by atoms with E-state index in [1.807, 2.05) is 18.2 Å². The van der Waals surface area contributed by atoms with Crippen LogP contribution in [0.1, 0.15) is 17.9 Å². The minimum Gasteiger partial charge on any atom is -0.486 e. The average Bonchev–Trinajstić information content (AvgIpc) is 3.08. The molecule has 1 heterocycles. The van der Waals surface area contributed by atoms with E-state index < -0.39 is 5.97 Å². The Hall–Kier alpha value is -1.71. The summed E-state index contributed by atoms with van der Waals surface area (Å²) in [6, 6.07) is 5.70. The van der Waals surface area contributed by atoms with Crippen LogP contribution in [-0.4, -0.2) is 24.3 Å². The molecule has 1 saturated carbocycles. The molecular formula is C12H12O4. The zero-order valence-electron chi connectivity index (χ0n) is 8.68. The van der Waals surface area contributed by atoms with Crippen molar-refractivity contribution in [2.75, 3.05) is 13.2 Å². The van der Waals surface area contributed by atoms with Crippen molar-refractivity contribution < 1.29 is 19.4 Å². The minimum absolute atomic E-state index is 0.147. The molecule has 4 heteroatoms. The molecule has 1 fully saturated rings. The molecule has 0 unspecified atom stereocenters. The van der Waals surface area contributed by atoms with Crippen LogP contribution in [0.15, 0.2) is 18.2 Å². The highest BCUT2D eigenvalue weighted by Gasteiger charge is 2.44. The third-order valence-corrected chi connectivity index (χ3v) is 3.10. The van der Waals surface area contributed by atoms with E-state index >= 15 is 0 Å². The molecule has 16 heavy (non-hydrogen) atoms. The molecule has 2 atom stereocenters. The second kappa shape index (κ2) is 3.40. The number of hydrogen-bond donors (Lipinski definition) is 1. The van der Waals surface area contributed by atoms with Crippen LogP contribution in [0.3, 0.4) is 0 Å². The van der Waals surface area contributed by atoms with Crippen LogP contribution in [0.4, 0.5) is 0 Å². The third kappa shape index (κ3) is 1.50. The number of benzene rings is 1. The van der Waals surface area contributed by atoms with Gasteiger partial charge in [0.2, 0.25) is 0 Å². The highest BCUT2D eigenvalue weighted by atomic mass is 16.6. The highest BCUT2D eigenvalue weighted by Crippen LogP contribution is 2.49. The molecule has 4 nitrogen and oxygen atoms in total. The Labute approximate surface area is 92.8 Å². The molecule has 1 aromatic rings. The molecule has 0 spiro atoms. The molecule has 3 rings (SSSR count). The van der Waals surface area contributed by atoms with Crippen LogP contribution in [0.2, 0.25) is 0 Å². The fraction of sp³-hybridized carbons (Fsp3) is 0.417. The summed E-state index contributed by atoms with van der Waals surface area (Å²) in [6.07, 6.45) is 0.731. The summed E-state index contributed by atoms with van der Waals surface area (Å²) < 4.78 is 10.9. The molecule has 0 bridgehead atoms. The molecule has 84 valence electrons. The molecule has 1 aromatic carbocycles. The van der Waals surface area contributed by atoms with Gasteiger partial charge in [0.25, 0.3) is 0 Å². The Kier molecular flexibility index (Phi) is 2.02. The van der Waals surface area contributed by atoms with Gasteiger partial charge in [0.15, 0.2) is 11.5 Å². The van der Waals surface area contributed by atoms with E-state index in [2.05, 4.69) is 0 Å². The minimum atomic E-state index is -0.708. The van der Waals surface area contributed by atoms with E-state index in [4.69, 9.17) is 14.6 Å². The fourth-order valence-corrected chi connectivity index (χ4v) is 2.13. The lowest BCUT2D eigenvalue weighted by molar-refractivity contribution is -0.138. The number of fused-ring (bicyclic) bond motifs is 1. The smallest absolute Gasteiger partial charge is 0.307 e. The van der Waals surface area contributed by atoms with Gasteiger partial charge in [0.1, 0.15) is 13.2 Å². The lowest BCUT2D eigenvalue weighted by Crippen LogP contribution is -2.15. The van der Waals surface area contributed by atoms with Gasteiger partial charge >= 0.3 is 5.97 Å². The summed E-state index contributed by atoms with van der Waals surface area (Å²) in [5.74, 6) is 0.707. The van der Waals surface area contributed by atoms with E-state index in [9.17, 15) is 4.79 Å². The van der Waals surface area contributed by atoms with Crippen molar-refractivity contribution in [3.63, 3.8) is 0 Å². The molecule has 2 aliphatic rings. The molecule has 1 aliphatic heterocycles. The van der Waals surface area contributed by atoms with Crippen molar-refractivity contribution in [1.82, 2.24) is 0 Å². The number of carboxylic acids is 1. The van der Waals surface area contributed by atoms with Crippen LogP contribution in [0.5, 0.6) is 11.5 Å². The van der Waals surface area contributed by atoms with Crippen molar-refractivity contribution in [3.05, 3.63) is 23.8 Å². The van der Waals surface area contributed by atoms with Gasteiger partial charge in [-0.25, -0.2) is 0 Å². The SMILES string of the molecule is O=C(O)[C@H]1C[C@H]1c1ccc2c(c1)OCCO2. The van der Waals surface area contributed by atoms with Gasteiger partial charge in [-0.2, -0.15) is 0 Å². The number of hydrogen-bond acceptors (Lipinski definition) is 3. The van der Waals surface area contributed by atoms with Crippen molar-refractivity contribution in [2.45, 2.75) is 12.3 Å². The molecule has 1 N–H and O–H groups in total. The number of rotatable bonds is 2. The fourth-order valence-electron chi connectivity index (χ4n) is 2.13. The van der Waals surface area contributed by atoms with Crippen molar-refractivity contribution >= 4 is 5.97 Å². The monoisotopic (exact) mass is 220 g/mol. The van der Waals surface area contributed by atoms with Crippen LogP contribution in [0, 0.1) is 5.92 Å². The van der Waals surface area contributed by atoms with Gasteiger partial charge < -0.3 is 14.6 Å². The lowest BCUT2D eigenvalue weighted by atomic mass is 10.1. The first kappa shape index (κ1) is 9.51. The second-order valence-electron chi connectivity index (χ2n) is 4.19. The number of ether oxygens (including phenoxy) is 2. The van der Waals surface area contributed by atoms with Crippen molar-refractivity contribution in [3.8, 4) is 11.5 Å². The van der Waals surface area contributed by atoms with E-state index in [0.29, 0.717) is 13.2 Å². The Balaban J connectivity index is 1.85. The predicted octanol–water partition coefficient (Wildman–Crippen LogP) is 1.65. The third-order valence-electron chi connectivity index (χ3n) is 3.10. The zero-order chi connectivity index (χ0) is 11.1. The average molecular weight is 220 g/mol. The number of carbonyl (C=O) groups is 1. The summed E-state index contributed by atoms with van der Waals surface area (Å²) in [5.41, 5.74) is 1.04. The van der Waals surface area contributed by atoms with Crippen LogP contribution < -0.4 is 9.47 Å². The van der Waals surface area contributed by atoms with Gasteiger partial charge in [0, 0.05) is 0 Å². The Bertz CT molecular complexity index is 441. The Morgan fingerprint density at radius 2 is 2.00 bits per heavy atom. The van der Waals surface area contributed by atoms with E-state index in [1.165, 1.54) is 0 Å². The topological polar surface area (TPSA) is 55.8 Å². The standard InChI is InChI=1S/C12H12O4/c13-12(14)9-6-8(9)7-1-2-10-11(5-7)16-4-3-15-10/h1-2,5,8-9H,3-4,6H2,(H,13,14)/t8-,9-/m0/s1. The quantitative estimate of drug-likeness (QED) is 0.823. The molecule has 1 aliphatic carbocycles. The number of aliphatic carboxylic acids is 1. The van der Waals surface area contributed by atoms with Crippen LogP contribution in [-0.2, 0) is 4.79 Å². The van der Waals surface area contributed by atoms with E-state index in [-0.39, 0.29) is 11.8 Å². The van der Waals surface area contributed by atoms with Gasteiger partial charge in [-0.1, -0.05) is 6.07 Å². The van der Waals surface area contributed by atoms with Gasteiger partial charge in [-0.15, -0.1) is 0 Å². The summed E-state index contributed by atoms with van der Waals surface area (Å²) in [7, 11) is 0. The van der Waals surface area contributed by atoms with Crippen LogP contribution >= 0.6 is 0 Å². The maximum atomic E-state index is 10.8. The maximum Gasteiger partial charge on any atom is 0.307 e. The first-order valence-corrected chi connectivity index (χ1v) is 5.38. The van der Waals surface area contributed by atoms with Gasteiger partial charge in [0.05, 0.1) is 5.92 Å². The van der Waals surface area contributed by atoms with Gasteiger partial charge in [-0.05, 0) is 30.0 Å². The van der Waals surface area contributed by atoms with E-state index in [1.54, 1.807) is 0 Å². The van der Waals surface area contributed by atoms with Crippen molar-refractivity contribution in [2.24, 2.45) is 5.92 Å². The summed E-state index contributed by atoms with van der Waals surface area (Å²) in [5, 5.41) is 8.87. The summed E-state index contributed by atoms with van der Waals surface area (Å²) in [6.45, 7) is 1.14. The molecular weight excluding hydrogens is 208 g/mol. The number of carboxylic acid groups (broad SMARTS) is 1. The predicted molar refractivity (Wildman–Crippen MR) is 55.9 cm³/mol. The van der Waals surface area contributed by atoms with E-state index in [0.717, 1.165) is 23.5 Å². The van der Waals surface area contributed by atoms with Crippen molar-refractivity contribution in [1.29, 1.82) is 0 Å². The zero-order valence-corrected chi connectivity index (χ0v) is 8.68. The Morgan fingerprint density at radius 3 is 2.69 bits per heavy atom. The van der Waals surface area contributed by atoms with Crippen LogP contribution in [0.25, 0.3) is 0 Å². The first-order chi connectivity index (χ1) is 7.75. The lowest BCUT2D eigenvalue weighted by Gasteiger charge is -2.18. The van der Waals surface area contributed by atoms with Gasteiger partial charge in [-0.3, -0.25) is 4.79 Å². The normalized spacial score (nSPS) is 26.2. The molecule has 0 aromatic heterocycles. The Morgan fingerprint density at radius 1 is 1.25 bits per heavy atom. The largest absolute Gasteiger partial charge is 0.486 e. The molecule has 0 radical (unpaired) electrons. The molecule has 0 amide bonds.